The Morgan fingerprint density at radius 1 is 1.19 bits per heavy atom. The average molecular weight is 483 g/mol. The van der Waals surface area contributed by atoms with Gasteiger partial charge >= 0.3 is 0 Å². The minimum atomic E-state index is -0.626. The van der Waals surface area contributed by atoms with Crippen LogP contribution in [0.1, 0.15) is 17.5 Å². The van der Waals surface area contributed by atoms with Crippen LogP contribution < -0.4 is 10.9 Å². The number of hydrogen-bond acceptors (Lipinski definition) is 6. The number of fused-ring (bicyclic) bond motifs is 1. The Bertz CT molecular complexity index is 1550. The number of anilines is 1. The van der Waals surface area contributed by atoms with Crippen molar-refractivity contribution in [2.75, 3.05) is 11.9 Å². The van der Waals surface area contributed by atoms with E-state index in [1.54, 1.807) is 18.6 Å². The zero-order chi connectivity index (χ0) is 25.1. The van der Waals surface area contributed by atoms with Gasteiger partial charge in [0.05, 0.1) is 35.7 Å². The second-order valence-electron chi connectivity index (χ2n) is 8.64. The van der Waals surface area contributed by atoms with E-state index in [9.17, 15) is 14.7 Å². The minimum Gasteiger partial charge on any atom is -0.396 e. The molecule has 1 unspecified atom stereocenters. The fourth-order valence-electron chi connectivity index (χ4n) is 4.35. The van der Waals surface area contributed by atoms with Crippen LogP contribution in [0.3, 0.4) is 0 Å². The summed E-state index contributed by atoms with van der Waals surface area (Å²) in [5, 5.41) is 12.6. The summed E-state index contributed by atoms with van der Waals surface area (Å²) in [7, 11) is 0. The van der Waals surface area contributed by atoms with Crippen molar-refractivity contribution < 1.29 is 9.90 Å². The summed E-state index contributed by atoms with van der Waals surface area (Å²) in [6, 6.07) is 14.7. The van der Waals surface area contributed by atoms with Gasteiger partial charge in [-0.25, -0.2) is 9.97 Å². The van der Waals surface area contributed by atoms with Crippen LogP contribution in [0.25, 0.3) is 28.1 Å². The van der Waals surface area contributed by atoms with Crippen molar-refractivity contribution in [3.8, 4) is 17.1 Å². The SMILES string of the molecule is Cc1cc(-n2ccnc2)cc2[nH]c(-c3c(NC(Cc4ccccc4)C(=O)CCO)cc[nH]c3=O)nc12. The van der Waals surface area contributed by atoms with Gasteiger partial charge in [0.25, 0.3) is 5.56 Å². The molecule has 0 fully saturated rings. The first-order chi connectivity index (χ1) is 17.5. The van der Waals surface area contributed by atoms with Crippen molar-refractivity contribution in [2.45, 2.75) is 25.8 Å². The molecule has 0 saturated heterocycles. The van der Waals surface area contributed by atoms with Crippen LogP contribution in [0.15, 0.2) is 78.2 Å². The summed E-state index contributed by atoms with van der Waals surface area (Å²) >= 11 is 0. The lowest BCUT2D eigenvalue weighted by Gasteiger charge is -2.20. The molecular weight excluding hydrogens is 456 g/mol. The standard InChI is InChI=1S/C27H26N6O3/c1-17-13-19(33-11-10-28-16-33)15-22-25(17)32-26(31-22)24-20(7-9-29-27(24)36)30-21(23(35)8-12-34)14-18-5-3-2-4-6-18/h2-7,9-11,13,15-16,21,34H,8,12,14H2,1H3,(H,31,32)(H2,29,30,36). The number of pyridine rings is 1. The summed E-state index contributed by atoms with van der Waals surface area (Å²) < 4.78 is 1.90. The lowest BCUT2D eigenvalue weighted by Crippen LogP contribution is -2.33. The Labute approximate surface area is 206 Å². The molecule has 3 aromatic heterocycles. The Morgan fingerprint density at radius 3 is 2.78 bits per heavy atom. The second kappa shape index (κ2) is 10.0. The van der Waals surface area contributed by atoms with Crippen LogP contribution in [-0.2, 0) is 11.2 Å². The Balaban J connectivity index is 1.55. The number of carbonyl (C=O) groups excluding carboxylic acids is 1. The molecular formula is C27H26N6O3. The third-order valence-electron chi connectivity index (χ3n) is 6.12. The lowest BCUT2D eigenvalue weighted by molar-refractivity contribution is -0.120. The van der Waals surface area contributed by atoms with Crippen LogP contribution in [0.2, 0.25) is 0 Å². The van der Waals surface area contributed by atoms with E-state index >= 15 is 0 Å². The molecule has 182 valence electrons. The molecule has 3 heterocycles. The fraction of sp³-hybridized carbons (Fsp3) is 0.185. The highest BCUT2D eigenvalue weighted by Gasteiger charge is 2.22. The molecule has 0 bridgehead atoms. The summed E-state index contributed by atoms with van der Waals surface area (Å²) in [5.74, 6) is 0.256. The first-order valence-corrected chi connectivity index (χ1v) is 11.7. The normalized spacial score (nSPS) is 12.1. The second-order valence-corrected chi connectivity index (χ2v) is 8.64. The van der Waals surface area contributed by atoms with Crippen molar-refractivity contribution in [1.29, 1.82) is 0 Å². The molecule has 9 nitrogen and oxygen atoms in total. The first kappa shape index (κ1) is 23.3. The molecule has 0 aliphatic carbocycles. The lowest BCUT2D eigenvalue weighted by atomic mass is 10.00. The number of aromatic amines is 2. The van der Waals surface area contributed by atoms with E-state index in [0.717, 1.165) is 27.8 Å². The van der Waals surface area contributed by atoms with Gasteiger partial charge in [0.2, 0.25) is 0 Å². The highest BCUT2D eigenvalue weighted by molar-refractivity contribution is 5.90. The molecule has 1 atom stereocenters. The summed E-state index contributed by atoms with van der Waals surface area (Å²) in [6.45, 7) is 1.72. The van der Waals surface area contributed by atoms with Crippen molar-refractivity contribution in [3.63, 3.8) is 0 Å². The van der Waals surface area contributed by atoms with E-state index in [2.05, 4.69) is 20.3 Å². The highest BCUT2D eigenvalue weighted by Crippen LogP contribution is 2.28. The van der Waals surface area contributed by atoms with Crippen LogP contribution in [0.5, 0.6) is 0 Å². The number of rotatable bonds is 9. The van der Waals surface area contributed by atoms with Gasteiger partial charge in [-0.2, -0.15) is 0 Å². The summed E-state index contributed by atoms with van der Waals surface area (Å²) in [4.78, 5) is 40.7. The third kappa shape index (κ3) is 4.69. The Hall–Kier alpha value is -4.50. The van der Waals surface area contributed by atoms with Crippen LogP contribution in [0, 0.1) is 6.92 Å². The van der Waals surface area contributed by atoms with Crippen molar-refractivity contribution in [3.05, 3.63) is 94.9 Å². The van der Waals surface area contributed by atoms with Gasteiger partial charge in [0.15, 0.2) is 5.78 Å². The number of benzene rings is 2. The predicted molar refractivity (Wildman–Crippen MR) is 138 cm³/mol. The fourth-order valence-corrected chi connectivity index (χ4v) is 4.35. The maximum Gasteiger partial charge on any atom is 0.261 e. The first-order valence-electron chi connectivity index (χ1n) is 11.7. The molecule has 0 spiro atoms. The van der Waals surface area contributed by atoms with Crippen LogP contribution in [-0.4, -0.2) is 48.0 Å². The molecule has 0 saturated carbocycles. The van der Waals surface area contributed by atoms with Gasteiger partial charge in [-0.1, -0.05) is 30.3 Å². The van der Waals surface area contributed by atoms with Gasteiger partial charge in [-0.3, -0.25) is 9.59 Å². The molecule has 2 aromatic carbocycles. The quantitative estimate of drug-likeness (QED) is 0.255. The number of aliphatic hydroxyl groups is 1. The van der Waals surface area contributed by atoms with Crippen molar-refractivity contribution in [2.24, 2.45) is 0 Å². The monoisotopic (exact) mass is 482 g/mol. The molecule has 36 heavy (non-hydrogen) atoms. The number of imidazole rings is 2. The molecule has 4 N–H and O–H groups in total. The van der Waals surface area contributed by atoms with E-state index in [-0.39, 0.29) is 24.4 Å². The summed E-state index contributed by atoms with van der Waals surface area (Å²) in [5.41, 5.74) is 4.83. The van der Waals surface area contributed by atoms with E-state index in [4.69, 9.17) is 4.98 Å². The van der Waals surface area contributed by atoms with E-state index < -0.39 is 6.04 Å². The van der Waals surface area contributed by atoms with Gasteiger partial charge < -0.3 is 25.0 Å². The number of nitrogens with zero attached hydrogens (tertiary/aromatic N) is 3. The molecule has 0 radical (unpaired) electrons. The number of Topliss-reactive ketones (excluding diaryl/α,β-unsaturated/α-hetero) is 1. The number of aliphatic hydroxyl groups excluding tert-OH is 1. The largest absolute Gasteiger partial charge is 0.396 e. The zero-order valence-electron chi connectivity index (χ0n) is 19.7. The number of H-pyrrole nitrogens is 2. The summed E-state index contributed by atoms with van der Waals surface area (Å²) in [6.07, 6.45) is 7.26. The predicted octanol–water partition coefficient (Wildman–Crippen LogP) is 3.39. The van der Waals surface area contributed by atoms with Crippen molar-refractivity contribution >= 4 is 22.5 Å². The average Bonchev–Trinajstić information content (AvgIpc) is 3.55. The van der Waals surface area contributed by atoms with Gasteiger partial charge in [-0.15, -0.1) is 0 Å². The molecule has 5 aromatic rings. The van der Waals surface area contributed by atoms with E-state index in [0.29, 0.717) is 23.5 Å². The van der Waals surface area contributed by atoms with Crippen LogP contribution >= 0.6 is 0 Å². The minimum absolute atomic E-state index is 0.0177. The number of ketones is 1. The van der Waals surface area contributed by atoms with E-state index in [1.165, 1.54) is 6.20 Å². The van der Waals surface area contributed by atoms with Gasteiger partial charge in [-0.05, 0) is 42.7 Å². The number of aromatic nitrogens is 5. The van der Waals surface area contributed by atoms with Gasteiger partial charge in [0, 0.05) is 30.7 Å². The molecule has 0 aliphatic heterocycles. The number of nitrogens with one attached hydrogen (secondary N) is 3. The Kier molecular flexibility index (Phi) is 6.46. The molecule has 0 aliphatic rings. The van der Waals surface area contributed by atoms with Gasteiger partial charge in [0.1, 0.15) is 11.4 Å². The molecule has 0 amide bonds. The maximum absolute atomic E-state index is 13.0. The number of aryl methyl sites for hydroxylation is 1. The Morgan fingerprint density at radius 2 is 2.03 bits per heavy atom. The van der Waals surface area contributed by atoms with E-state index in [1.807, 2.05) is 60.2 Å². The maximum atomic E-state index is 13.0. The topological polar surface area (TPSA) is 129 Å². The smallest absolute Gasteiger partial charge is 0.261 e. The number of carbonyl (C=O) groups is 1. The molecule has 9 heteroatoms. The van der Waals surface area contributed by atoms with Crippen molar-refractivity contribution in [1.82, 2.24) is 24.5 Å². The molecule has 5 rings (SSSR count). The van der Waals surface area contributed by atoms with Crippen LogP contribution in [0.4, 0.5) is 5.69 Å². The zero-order valence-corrected chi connectivity index (χ0v) is 19.7. The highest BCUT2D eigenvalue weighted by atomic mass is 16.3. The number of hydrogen-bond donors (Lipinski definition) is 4. The third-order valence-corrected chi connectivity index (χ3v) is 6.12.